The van der Waals surface area contributed by atoms with Crippen molar-refractivity contribution in [1.29, 1.82) is 0 Å². The maximum absolute atomic E-state index is 13.3. The van der Waals surface area contributed by atoms with E-state index in [9.17, 15) is 13.2 Å². The third-order valence-corrected chi connectivity index (χ3v) is 4.00. The zero-order valence-electron chi connectivity index (χ0n) is 12.4. The average molecular weight is 331 g/mol. The van der Waals surface area contributed by atoms with E-state index in [4.69, 9.17) is 0 Å². The quantitative estimate of drug-likeness (QED) is 0.720. The Bertz CT molecular complexity index is 931. The summed E-state index contributed by atoms with van der Waals surface area (Å²) >= 11 is 0. The molecule has 0 radical (unpaired) electrons. The highest BCUT2D eigenvalue weighted by atomic mass is 19.4. The van der Waals surface area contributed by atoms with E-state index in [0.717, 1.165) is 16.5 Å². The Kier molecular flexibility index (Phi) is 3.02. The fraction of sp³-hybridized carbons (Fsp3) is 0.125. The number of aromatic nitrogens is 3. The van der Waals surface area contributed by atoms with E-state index in [1.165, 1.54) is 23.2 Å². The number of alkyl halides is 3. The summed E-state index contributed by atoms with van der Waals surface area (Å²) in [6.07, 6.45) is 0.272. The summed E-state index contributed by atoms with van der Waals surface area (Å²) in [7, 11) is 0. The molecular weight excluding hydrogens is 319 g/mol. The van der Waals surface area contributed by atoms with Gasteiger partial charge in [-0.05, 0) is 24.3 Å². The number of hydrogen-bond donors (Lipinski definition) is 1. The fourth-order valence-electron chi connectivity index (χ4n) is 2.90. The molecule has 122 valence electrons. The van der Waals surface area contributed by atoms with Crippen molar-refractivity contribution >= 4 is 34.2 Å². The highest BCUT2D eigenvalue weighted by Crippen LogP contribution is 2.44. The van der Waals surface area contributed by atoms with Gasteiger partial charge in [-0.2, -0.15) is 18.3 Å². The summed E-state index contributed by atoms with van der Waals surface area (Å²) in [5, 5.41) is 7.64. The molecule has 1 N–H and O–H groups in total. The van der Waals surface area contributed by atoms with Gasteiger partial charge < -0.3 is 4.90 Å². The highest BCUT2D eigenvalue weighted by molar-refractivity contribution is 5.92. The number of aromatic amines is 1. The van der Waals surface area contributed by atoms with Crippen LogP contribution in [0.2, 0.25) is 0 Å². The standard InChI is InChI=1S/C16H12F3N5/c1-2-10-6-12(7-11-8-21-22-14(10)11)23-9-24(16(17,18)19)13-4-3-5-20-15(13)23/h2-8H,1,9H2,(H,21,22). The van der Waals surface area contributed by atoms with Crippen molar-refractivity contribution in [2.24, 2.45) is 0 Å². The zero-order valence-corrected chi connectivity index (χ0v) is 12.4. The smallest absolute Gasteiger partial charge is 0.306 e. The average Bonchev–Trinajstić information content (AvgIpc) is 3.17. The lowest BCUT2D eigenvalue weighted by molar-refractivity contribution is -0.127. The first kappa shape index (κ1) is 14.6. The van der Waals surface area contributed by atoms with Gasteiger partial charge in [-0.25, -0.2) is 4.98 Å². The maximum atomic E-state index is 13.3. The van der Waals surface area contributed by atoms with Crippen LogP contribution in [0.4, 0.5) is 30.4 Å². The van der Waals surface area contributed by atoms with Gasteiger partial charge in [-0.15, -0.1) is 0 Å². The number of halogens is 3. The van der Waals surface area contributed by atoms with Crippen LogP contribution in [0, 0.1) is 0 Å². The Morgan fingerprint density at radius 2 is 2.12 bits per heavy atom. The predicted octanol–water partition coefficient (Wildman–Crippen LogP) is 4.04. The molecule has 0 saturated heterocycles. The molecule has 1 aliphatic heterocycles. The Balaban J connectivity index is 1.87. The van der Waals surface area contributed by atoms with Crippen molar-refractivity contribution in [2.75, 3.05) is 16.5 Å². The molecule has 0 fully saturated rings. The molecule has 24 heavy (non-hydrogen) atoms. The number of H-pyrrole nitrogens is 1. The molecular formula is C16H12F3N5. The van der Waals surface area contributed by atoms with Crippen molar-refractivity contribution in [3.8, 4) is 0 Å². The number of benzene rings is 1. The van der Waals surface area contributed by atoms with Crippen LogP contribution in [0.15, 0.2) is 43.2 Å². The molecule has 0 aliphatic carbocycles. The molecule has 0 atom stereocenters. The Morgan fingerprint density at radius 3 is 2.88 bits per heavy atom. The Labute approximate surface area is 135 Å². The normalized spacial score (nSPS) is 14.3. The van der Waals surface area contributed by atoms with E-state index in [-0.39, 0.29) is 18.2 Å². The second-order valence-corrected chi connectivity index (χ2v) is 5.38. The van der Waals surface area contributed by atoms with Crippen LogP contribution in [0.5, 0.6) is 0 Å². The minimum atomic E-state index is -4.48. The molecule has 0 bridgehead atoms. The second-order valence-electron chi connectivity index (χ2n) is 5.38. The van der Waals surface area contributed by atoms with Gasteiger partial charge in [-0.1, -0.05) is 12.7 Å². The minimum absolute atomic E-state index is 0.0393. The monoisotopic (exact) mass is 331 g/mol. The van der Waals surface area contributed by atoms with Gasteiger partial charge in [0.1, 0.15) is 6.67 Å². The van der Waals surface area contributed by atoms with Gasteiger partial charge in [0.15, 0.2) is 5.82 Å². The first-order chi connectivity index (χ1) is 11.5. The number of fused-ring (bicyclic) bond motifs is 2. The van der Waals surface area contributed by atoms with Crippen molar-refractivity contribution in [3.05, 3.63) is 48.8 Å². The molecule has 1 aliphatic rings. The summed E-state index contributed by atoms with van der Waals surface area (Å²) in [6, 6.07) is 6.46. The van der Waals surface area contributed by atoms with Crippen LogP contribution in [-0.2, 0) is 0 Å². The summed E-state index contributed by atoms with van der Waals surface area (Å²) in [4.78, 5) is 6.05. The largest absolute Gasteiger partial charge is 0.486 e. The molecule has 0 saturated carbocycles. The molecule has 1 aromatic carbocycles. The third kappa shape index (κ3) is 2.10. The van der Waals surface area contributed by atoms with E-state index in [2.05, 4.69) is 21.8 Å². The number of nitrogens with zero attached hydrogens (tertiary/aromatic N) is 4. The van der Waals surface area contributed by atoms with Crippen molar-refractivity contribution < 1.29 is 13.2 Å². The fourth-order valence-corrected chi connectivity index (χ4v) is 2.90. The van der Waals surface area contributed by atoms with E-state index in [1.54, 1.807) is 24.4 Å². The lowest BCUT2D eigenvalue weighted by Crippen LogP contribution is -2.39. The van der Waals surface area contributed by atoms with Gasteiger partial charge in [-0.3, -0.25) is 10.00 Å². The highest BCUT2D eigenvalue weighted by Gasteiger charge is 2.44. The van der Waals surface area contributed by atoms with Crippen LogP contribution >= 0.6 is 0 Å². The molecule has 8 heteroatoms. The van der Waals surface area contributed by atoms with E-state index in [0.29, 0.717) is 10.6 Å². The van der Waals surface area contributed by atoms with Gasteiger partial charge >= 0.3 is 6.30 Å². The molecule has 0 unspecified atom stereocenters. The lowest BCUT2D eigenvalue weighted by Gasteiger charge is -2.23. The Morgan fingerprint density at radius 1 is 1.29 bits per heavy atom. The summed E-state index contributed by atoms with van der Waals surface area (Å²) in [5.74, 6) is 0.271. The Hall–Kier alpha value is -3.03. The van der Waals surface area contributed by atoms with Crippen LogP contribution in [0.25, 0.3) is 17.0 Å². The van der Waals surface area contributed by atoms with Crippen molar-refractivity contribution in [2.45, 2.75) is 6.30 Å². The molecule has 5 nitrogen and oxygen atoms in total. The zero-order chi connectivity index (χ0) is 16.9. The lowest BCUT2D eigenvalue weighted by atomic mass is 10.1. The van der Waals surface area contributed by atoms with Crippen LogP contribution in [0.3, 0.4) is 0 Å². The number of nitrogens with one attached hydrogen (secondary N) is 1. The molecule has 2 aromatic heterocycles. The molecule has 0 spiro atoms. The van der Waals surface area contributed by atoms with E-state index < -0.39 is 6.30 Å². The molecule has 3 heterocycles. The van der Waals surface area contributed by atoms with Crippen LogP contribution in [0.1, 0.15) is 5.56 Å². The van der Waals surface area contributed by atoms with Crippen molar-refractivity contribution in [1.82, 2.24) is 15.2 Å². The number of anilines is 3. The first-order valence-corrected chi connectivity index (χ1v) is 7.15. The second kappa shape index (κ2) is 4.98. The molecule has 0 amide bonds. The van der Waals surface area contributed by atoms with E-state index >= 15 is 0 Å². The number of pyridine rings is 1. The predicted molar refractivity (Wildman–Crippen MR) is 86.0 cm³/mol. The minimum Gasteiger partial charge on any atom is -0.306 e. The van der Waals surface area contributed by atoms with Crippen LogP contribution < -0.4 is 9.80 Å². The summed E-state index contributed by atoms with van der Waals surface area (Å²) < 4.78 is 40.0. The van der Waals surface area contributed by atoms with Crippen molar-refractivity contribution in [3.63, 3.8) is 0 Å². The summed E-state index contributed by atoms with van der Waals surface area (Å²) in [6.45, 7) is 3.40. The van der Waals surface area contributed by atoms with Gasteiger partial charge in [0, 0.05) is 22.8 Å². The first-order valence-electron chi connectivity index (χ1n) is 7.15. The number of rotatable bonds is 2. The van der Waals surface area contributed by atoms with Gasteiger partial charge in [0.2, 0.25) is 0 Å². The molecule has 4 rings (SSSR count). The third-order valence-electron chi connectivity index (χ3n) is 4.00. The van der Waals surface area contributed by atoms with Gasteiger partial charge in [0.25, 0.3) is 0 Å². The summed E-state index contributed by atoms with van der Waals surface area (Å²) in [5.41, 5.74) is 2.20. The SMILES string of the molecule is C=Cc1cc(N2CN(C(F)(F)F)c3cccnc32)cc2cn[nH]c12. The maximum Gasteiger partial charge on any atom is 0.486 e. The molecule has 3 aromatic rings. The number of hydrogen-bond acceptors (Lipinski definition) is 4. The van der Waals surface area contributed by atoms with E-state index in [1.807, 2.05) is 0 Å². The van der Waals surface area contributed by atoms with Crippen LogP contribution in [-0.4, -0.2) is 28.2 Å². The topological polar surface area (TPSA) is 48.1 Å². The van der Waals surface area contributed by atoms with Gasteiger partial charge in [0.05, 0.1) is 17.4 Å².